The minimum absolute atomic E-state index is 0.0990. The maximum atomic E-state index is 12.3. The van der Waals surface area contributed by atoms with Crippen molar-refractivity contribution in [1.82, 2.24) is 10.2 Å². The predicted molar refractivity (Wildman–Crippen MR) is 109 cm³/mol. The summed E-state index contributed by atoms with van der Waals surface area (Å²) >= 11 is 0. The molecule has 0 atom stereocenters. The summed E-state index contributed by atoms with van der Waals surface area (Å²) < 4.78 is 30.2. The normalized spacial score (nSPS) is 11.9. The number of hydrogen-bond acceptors (Lipinski definition) is 4. The van der Waals surface area contributed by atoms with Crippen LogP contribution in [0.25, 0.3) is 0 Å². The van der Waals surface area contributed by atoms with E-state index in [0.29, 0.717) is 37.0 Å². The number of para-hydroxylation sites is 1. The monoisotopic (exact) mass is 389 g/mol. The summed E-state index contributed by atoms with van der Waals surface area (Å²) in [6.45, 7) is 1.73. The standard InChI is InChI=1S/C20H27N3O3S/c1-21-20(23(2)15-16-26-18-10-5-3-6-11-18)22-14-9-17-27(24,25)19-12-7-4-8-13-19/h3-8,10-13H,9,14-17H2,1-2H3,(H,21,22). The van der Waals surface area contributed by atoms with E-state index < -0.39 is 9.84 Å². The van der Waals surface area contributed by atoms with Gasteiger partial charge in [0.25, 0.3) is 0 Å². The SMILES string of the molecule is CN=C(NCCCS(=O)(=O)c1ccccc1)N(C)CCOc1ccccc1. The molecule has 2 aromatic rings. The fraction of sp³-hybridized carbons (Fsp3) is 0.350. The molecule has 2 aromatic carbocycles. The smallest absolute Gasteiger partial charge is 0.193 e. The van der Waals surface area contributed by atoms with E-state index in [4.69, 9.17) is 4.74 Å². The van der Waals surface area contributed by atoms with E-state index >= 15 is 0 Å². The van der Waals surface area contributed by atoms with E-state index in [0.717, 1.165) is 5.75 Å². The van der Waals surface area contributed by atoms with Crippen LogP contribution in [-0.4, -0.2) is 58.8 Å². The van der Waals surface area contributed by atoms with Gasteiger partial charge in [-0.25, -0.2) is 8.42 Å². The first kappa shape index (κ1) is 20.8. The van der Waals surface area contributed by atoms with Gasteiger partial charge in [-0.1, -0.05) is 36.4 Å². The number of benzene rings is 2. The van der Waals surface area contributed by atoms with Crippen molar-refractivity contribution in [2.45, 2.75) is 11.3 Å². The molecule has 0 aliphatic rings. The molecule has 7 heteroatoms. The number of rotatable bonds is 9. The van der Waals surface area contributed by atoms with Crippen LogP contribution >= 0.6 is 0 Å². The molecule has 0 heterocycles. The Balaban J connectivity index is 1.71. The minimum atomic E-state index is -3.24. The Morgan fingerprint density at radius 2 is 1.70 bits per heavy atom. The zero-order chi connectivity index (χ0) is 19.5. The number of ether oxygens (including phenoxy) is 1. The average Bonchev–Trinajstić information content (AvgIpc) is 2.69. The molecule has 0 amide bonds. The number of guanidine groups is 1. The van der Waals surface area contributed by atoms with Gasteiger partial charge in [-0.05, 0) is 30.7 Å². The van der Waals surface area contributed by atoms with Gasteiger partial charge in [0.1, 0.15) is 12.4 Å². The number of nitrogens with zero attached hydrogens (tertiary/aromatic N) is 2. The highest BCUT2D eigenvalue weighted by Crippen LogP contribution is 2.11. The molecular weight excluding hydrogens is 362 g/mol. The molecule has 0 aliphatic heterocycles. The molecule has 6 nitrogen and oxygen atoms in total. The van der Waals surface area contributed by atoms with E-state index in [1.54, 1.807) is 31.3 Å². The Morgan fingerprint density at radius 1 is 1.07 bits per heavy atom. The average molecular weight is 390 g/mol. The van der Waals surface area contributed by atoms with Crippen LogP contribution in [0.4, 0.5) is 0 Å². The van der Waals surface area contributed by atoms with Crippen LogP contribution in [0.5, 0.6) is 5.75 Å². The van der Waals surface area contributed by atoms with Gasteiger partial charge in [0.2, 0.25) is 0 Å². The Kier molecular flexibility index (Phi) is 8.13. The van der Waals surface area contributed by atoms with Crippen molar-refractivity contribution < 1.29 is 13.2 Å². The minimum Gasteiger partial charge on any atom is -0.492 e. The van der Waals surface area contributed by atoms with Crippen LogP contribution in [0, 0.1) is 0 Å². The molecule has 0 spiro atoms. The summed E-state index contributed by atoms with van der Waals surface area (Å²) in [6, 6.07) is 18.2. The zero-order valence-corrected chi connectivity index (χ0v) is 16.7. The second-order valence-electron chi connectivity index (χ2n) is 6.04. The van der Waals surface area contributed by atoms with Crippen molar-refractivity contribution in [1.29, 1.82) is 0 Å². The van der Waals surface area contributed by atoms with E-state index in [9.17, 15) is 8.42 Å². The largest absolute Gasteiger partial charge is 0.492 e. The molecule has 0 aliphatic carbocycles. The molecule has 27 heavy (non-hydrogen) atoms. The summed E-state index contributed by atoms with van der Waals surface area (Å²) in [6.07, 6.45) is 0.505. The summed E-state index contributed by atoms with van der Waals surface area (Å²) in [5.41, 5.74) is 0. The van der Waals surface area contributed by atoms with Crippen molar-refractivity contribution in [3.05, 3.63) is 60.7 Å². The second-order valence-corrected chi connectivity index (χ2v) is 8.15. The van der Waals surface area contributed by atoms with E-state index in [1.807, 2.05) is 48.3 Å². The van der Waals surface area contributed by atoms with Gasteiger partial charge in [0.05, 0.1) is 17.2 Å². The van der Waals surface area contributed by atoms with Gasteiger partial charge < -0.3 is 15.0 Å². The van der Waals surface area contributed by atoms with Crippen LogP contribution in [0.3, 0.4) is 0 Å². The van der Waals surface area contributed by atoms with E-state index in [2.05, 4.69) is 10.3 Å². The predicted octanol–water partition coefficient (Wildman–Crippen LogP) is 2.44. The van der Waals surface area contributed by atoms with E-state index in [-0.39, 0.29) is 5.75 Å². The highest BCUT2D eigenvalue weighted by Gasteiger charge is 2.13. The third kappa shape index (κ3) is 6.94. The molecule has 0 bridgehead atoms. The van der Waals surface area contributed by atoms with Crippen LogP contribution < -0.4 is 10.1 Å². The molecule has 0 saturated heterocycles. The number of hydrogen-bond donors (Lipinski definition) is 1. The van der Waals surface area contributed by atoms with Gasteiger partial charge in [-0.2, -0.15) is 0 Å². The molecular formula is C20H27N3O3S. The van der Waals surface area contributed by atoms with E-state index in [1.165, 1.54) is 0 Å². The summed E-state index contributed by atoms with van der Waals surface area (Å²) in [5, 5.41) is 3.20. The second kappa shape index (κ2) is 10.6. The van der Waals surface area contributed by atoms with Gasteiger partial charge in [-0.3, -0.25) is 4.99 Å². The third-order valence-electron chi connectivity index (χ3n) is 3.99. The Bertz CT molecular complexity index is 809. The van der Waals surface area contributed by atoms with Crippen LogP contribution in [0.15, 0.2) is 70.6 Å². The van der Waals surface area contributed by atoms with Gasteiger partial charge in [-0.15, -0.1) is 0 Å². The summed E-state index contributed by atoms with van der Waals surface area (Å²) in [7, 11) is 0.383. The number of sulfone groups is 1. The number of nitrogens with one attached hydrogen (secondary N) is 1. The first-order chi connectivity index (χ1) is 13.0. The lowest BCUT2D eigenvalue weighted by atomic mass is 10.3. The van der Waals surface area contributed by atoms with Gasteiger partial charge >= 0.3 is 0 Å². The molecule has 146 valence electrons. The zero-order valence-electron chi connectivity index (χ0n) is 15.8. The van der Waals surface area contributed by atoms with Crippen LogP contribution in [-0.2, 0) is 9.84 Å². The maximum Gasteiger partial charge on any atom is 0.193 e. The lowest BCUT2D eigenvalue weighted by Gasteiger charge is -2.22. The molecule has 0 aromatic heterocycles. The van der Waals surface area contributed by atoms with Crippen molar-refractivity contribution in [3.63, 3.8) is 0 Å². The molecule has 0 unspecified atom stereocenters. The Hall–Kier alpha value is -2.54. The molecule has 0 fully saturated rings. The fourth-order valence-corrected chi connectivity index (χ4v) is 3.85. The quantitative estimate of drug-likeness (QED) is 0.405. The molecule has 0 saturated carbocycles. The van der Waals surface area contributed by atoms with Crippen molar-refractivity contribution in [3.8, 4) is 5.75 Å². The number of aliphatic imine (C=N–C) groups is 1. The van der Waals surface area contributed by atoms with Crippen molar-refractivity contribution in [2.75, 3.05) is 39.5 Å². The highest BCUT2D eigenvalue weighted by atomic mass is 32.2. The lowest BCUT2D eigenvalue weighted by molar-refractivity contribution is 0.281. The number of likely N-dealkylation sites (N-methyl/N-ethyl adjacent to an activating group) is 1. The van der Waals surface area contributed by atoms with Gasteiger partial charge in [0, 0.05) is 20.6 Å². The van der Waals surface area contributed by atoms with Crippen molar-refractivity contribution >= 4 is 15.8 Å². The Labute approximate surface area is 161 Å². The molecule has 2 rings (SSSR count). The van der Waals surface area contributed by atoms with Gasteiger partial charge in [0.15, 0.2) is 15.8 Å². The first-order valence-electron chi connectivity index (χ1n) is 8.90. The Morgan fingerprint density at radius 3 is 2.33 bits per heavy atom. The summed E-state index contributed by atoms with van der Waals surface area (Å²) in [4.78, 5) is 6.55. The summed E-state index contributed by atoms with van der Waals surface area (Å²) in [5.74, 6) is 1.64. The fourth-order valence-electron chi connectivity index (χ4n) is 2.52. The third-order valence-corrected chi connectivity index (χ3v) is 5.80. The van der Waals surface area contributed by atoms with Crippen LogP contribution in [0.1, 0.15) is 6.42 Å². The van der Waals surface area contributed by atoms with Crippen LogP contribution in [0.2, 0.25) is 0 Å². The van der Waals surface area contributed by atoms with Crippen molar-refractivity contribution in [2.24, 2.45) is 4.99 Å². The lowest BCUT2D eigenvalue weighted by Crippen LogP contribution is -2.41. The molecule has 0 radical (unpaired) electrons. The molecule has 1 N–H and O–H groups in total. The highest BCUT2D eigenvalue weighted by molar-refractivity contribution is 7.91. The topological polar surface area (TPSA) is 71.0 Å². The first-order valence-corrected chi connectivity index (χ1v) is 10.6. The maximum absolute atomic E-state index is 12.3.